The molecule has 1 aromatic carbocycles. The third kappa shape index (κ3) is 1.87. The van der Waals surface area contributed by atoms with Crippen LogP contribution in [-0.2, 0) is 0 Å². The van der Waals surface area contributed by atoms with Gasteiger partial charge in [0.25, 0.3) is 0 Å². The van der Waals surface area contributed by atoms with E-state index >= 15 is 0 Å². The van der Waals surface area contributed by atoms with Crippen LogP contribution in [0.15, 0.2) is 18.2 Å². The fraction of sp³-hybridized carbons (Fsp3) is 0.467. The molecular formula is C15H20N2. The molecule has 2 heterocycles. The first-order valence-electron chi connectivity index (χ1n) is 6.55. The summed E-state index contributed by atoms with van der Waals surface area (Å²) in [6, 6.07) is 6.78. The molecule has 1 atom stereocenters. The lowest BCUT2D eigenvalue weighted by molar-refractivity contribution is 0.456. The van der Waals surface area contributed by atoms with Crippen LogP contribution in [0.1, 0.15) is 35.6 Å². The van der Waals surface area contributed by atoms with Crippen molar-refractivity contribution in [3.05, 3.63) is 35.0 Å². The smallest absolute Gasteiger partial charge is 0.0488 e. The zero-order valence-electron chi connectivity index (χ0n) is 10.6. The van der Waals surface area contributed by atoms with Gasteiger partial charge in [0.1, 0.15) is 0 Å². The molecule has 2 heteroatoms. The van der Waals surface area contributed by atoms with Crippen LogP contribution < -0.4 is 5.32 Å². The number of aromatic amines is 1. The molecule has 0 saturated carbocycles. The maximum absolute atomic E-state index is 3.63. The van der Waals surface area contributed by atoms with Crippen LogP contribution in [0, 0.1) is 13.8 Å². The molecule has 2 aromatic rings. The highest BCUT2D eigenvalue weighted by molar-refractivity contribution is 5.86. The predicted molar refractivity (Wildman–Crippen MR) is 72.6 cm³/mol. The summed E-state index contributed by atoms with van der Waals surface area (Å²) in [5.41, 5.74) is 5.45. The van der Waals surface area contributed by atoms with Crippen LogP contribution in [0.5, 0.6) is 0 Å². The van der Waals surface area contributed by atoms with E-state index in [1.54, 1.807) is 0 Å². The summed E-state index contributed by atoms with van der Waals surface area (Å²) in [4.78, 5) is 3.63. The average Bonchev–Trinajstić information content (AvgIpc) is 2.81. The summed E-state index contributed by atoms with van der Waals surface area (Å²) < 4.78 is 0. The van der Waals surface area contributed by atoms with Crippen molar-refractivity contribution in [1.82, 2.24) is 10.3 Å². The van der Waals surface area contributed by atoms with Crippen molar-refractivity contribution in [3.63, 3.8) is 0 Å². The Kier molecular flexibility index (Phi) is 2.67. The minimum atomic E-state index is 0.662. The molecule has 2 nitrogen and oxygen atoms in total. The molecule has 1 aliphatic heterocycles. The van der Waals surface area contributed by atoms with Crippen LogP contribution in [-0.4, -0.2) is 18.1 Å². The fourth-order valence-corrected chi connectivity index (χ4v) is 2.86. The van der Waals surface area contributed by atoms with E-state index in [-0.39, 0.29) is 0 Å². The minimum absolute atomic E-state index is 0.662. The summed E-state index contributed by atoms with van der Waals surface area (Å²) in [5.74, 6) is 0.662. The largest absolute Gasteiger partial charge is 0.358 e. The summed E-state index contributed by atoms with van der Waals surface area (Å²) in [7, 11) is 0. The fourth-order valence-electron chi connectivity index (χ4n) is 2.86. The van der Waals surface area contributed by atoms with Gasteiger partial charge in [-0.15, -0.1) is 0 Å². The molecular weight excluding hydrogens is 208 g/mol. The number of H-pyrrole nitrogens is 1. The van der Waals surface area contributed by atoms with Gasteiger partial charge in [-0.1, -0.05) is 12.1 Å². The van der Waals surface area contributed by atoms with Crippen molar-refractivity contribution in [2.45, 2.75) is 32.6 Å². The van der Waals surface area contributed by atoms with Crippen molar-refractivity contribution in [3.8, 4) is 0 Å². The van der Waals surface area contributed by atoms with Gasteiger partial charge in [0, 0.05) is 29.1 Å². The maximum Gasteiger partial charge on any atom is 0.0488 e. The van der Waals surface area contributed by atoms with Gasteiger partial charge in [0.15, 0.2) is 0 Å². The second-order valence-corrected chi connectivity index (χ2v) is 5.26. The molecule has 1 aromatic heterocycles. The van der Waals surface area contributed by atoms with Crippen molar-refractivity contribution in [1.29, 1.82) is 0 Å². The molecule has 0 amide bonds. The van der Waals surface area contributed by atoms with Gasteiger partial charge in [0.05, 0.1) is 0 Å². The molecule has 0 aliphatic carbocycles. The molecule has 0 radical (unpaired) electrons. The SMILES string of the molecule is Cc1ccc(C)c2[nH]c(C3CCCNC3)cc12. The van der Waals surface area contributed by atoms with Crippen molar-refractivity contribution in [2.75, 3.05) is 13.1 Å². The molecule has 1 saturated heterocycles. The number of fused-ring (bicyclic) bond motifs is 1. The highest BCUT2D eigenvalue weighted by Gasteiger charge is 2.17. The van der Waals surface area contributed by atoms with Gasteiger partial charge < -0.3 is 10.3 Å². The van der Waals surface area contributed by atoms with Crippen LogP contribution in [0.4, 0.5) is 0 Å². The Labute approximate surface area is 102 Å². The average molecular weight is 228 g/mol. The van der Waals surface area contributed by atoms with Crippen LogP contribution in [0.2, 0.25) is 0 Å². The Bertz CT molecular complexity index is 494. The van der Waals surface area contributed by atoms with Gasteiger partial charge in [-0.2, -0.15) is 0 Å². The van der Waals surface area contributed by atoms with Gasteiger partial charge in [-0.3, -0.25) is 0 Å². The minimum Gasteiger partial charge on any atom is -0.358 e. The summed E-state index contributed by atoms with van der Waals surface area (Å²) in [6.07, 6.45) is 2.59. The normalized spacial score (nSPS) is 20.9. The molecule has 1 fully saturated rings. The second kappa shape index (κ2) is 4.19. The van der Waals surface area contributed by atoms with Gasteiger partial charge in [-0.25, -0.2) is 0 Å². The lowest BCUT2D eigenvalue weighted by atomic mass is 9.96. The predicted octanol–water partition coefficient (Wildman–Crippen LogP) is 3.25. The second-order valence-electron chi connectivity index (χ2n) is 5.26. The number of hydrogen-bond acceptors (Lipinski definition) is 1. The Morgan fingerprint density at radius 2 is 2.00 bits per heavy atom. The molecule has 0 bridgehead atoms. The van der Waals surface area contributed by atoms with Gasteiger partial charge in [-0.05, 0) is 50.4 Å². The number of aryl methyl sites for hydroxylation is 2. The van der Waals surface area contributed by atoms with E-state index in [1.807, 2.05) is 0 Å². The highest BCUT2D eigenvalue weighted by atomic mass is 14.9. The summed E-state index contributed by atoms with van der Waals surface area (Å²) in [6.45, 7) is 6.67. The van der Waals surface area contributed by atoms with Crippen molar-refractivity contribution >= 4 is 10.9 Å². The molecule has 1 aliphatic rings. The third-order valence-corrected chi connectivity index (χ3v) is 3.98. The molecule has 3 rings (SSSR count). The molecule has 1 unspecified atom stereocenters. The Morgan fingerprint density at radius 1 is 1.18 bits per heavy atom. The van der Waals surface area contributed by atoms with Crippen LogP contribution in [0.3, 0.4) is 0 Å². The number of hydrogen-bond donors (Lipinski definition) is 2. The summed E-state index contributed by atoms with van der Waals surface area (Å²) >= 11 is 0. The number of aromatic nitrogens is 1. The van der Waals surface area contributed by atoms with E-state index in [0.717, 1.165) is 6.54 Å². The molecule has 2 N–H and O–H groups in total. The van der Waals surface area contributed by atoms with E-state index in [2.05, 4.69) is 42.3 Å². The quantitative estimate of drug-likeness (QED) is 0.770. The standard InChI is InChI=1S/C15H20N2/c1-10-5-6-11(2)15-13(10)8-14(17-15)12-4-3-7-16-9-12/h5-6,8,12,16-17H,3-4,7,9H2,1-2H3. The third-order valence-electron chi connectivity index (χ3n) is 3.98. The van der Waals surface area contributed by atoms with Crippen molar-refractivity contribution < 1.29 is 0 Å². The van der Waals surface area contributed by atoms with E-state index in [1.165, 1.54) is 47.1 Å². The lowest BCUT2D eigenvalue weighted by Crippen LogP contribution is -2.28. The zero-order valence-corrected chi connectivity index (χ0v) is 10.6. The molecule has 17 heavy (non-hydrogen) atoms. The van der Waals surface area contributed by atoms with E-state index in [9.17, 15) is 0 Å². The number of nitrogens with one attached hydrogen (secondary N) is 2. The van der Waals surface area contributed by atoms with E-state index in [0.29, 0.717) is 5.92 Å². The van der Waals surface area contributed by atoms with E-state index < -0.39 is 0 Å². The lowest BCUT2D eigenvalue weighted by Gasteiger charge is -2.21. The summed E-state index contributed by atoms with van der Waals surface area (Å²) in [5, 5.41) is 4.88. The van der Waals surface area contributed by atoms with Crippen molar-refractivity contribution in [2.24, 2.45) is 0 Å². The number of benzene rings is 1. The first-order chi connectivity index (χ1) is 8.25. The topological polar surface area (TPSA) is 27.8 Å². The maximum atomic E-state index is 3.63. The highest BCUT2D eigenvalue weighted by Crippen LogP contribution is 2.29. The van der Waals surface area contributed by atoms with Crippen LogP contribution in [0.25, 0.3) is 10.9 Å². The Hall–Kier alpha value is -1.28. The van der Waals surface area contributed by atoms with E-state index in [4.69, 9.17) is 0 Å². The number of rotatable bonds is 1. The number of piperidine rings is 1. The van der Waals surface area contributed by atoms with Gasteiger partial charge >= 0.3 is 0 Å². The monoisotopic (exact) mass is 228 g/mol. The van der Waals surface area contributed by atoms with Gasteiger partial charge in [0.2, 0.25) is 0 Å². The van der Waals surface area contributed by atoms with Crippen LogP contribution >= 0.6 is 0 Å². The molecule has 90 valence electrons. The Balaban J connectivity index is 2.06. The molecule has 0 spiro atoms. The first kappa shape index (κ1) is 10.8. The first-order valence-corrected chi connectivity index (χ1v) is 6.55. The Morgan fingerprint density at radius 3 is 2.71 bits per heavy atom. The zero-order chi connectivity index (χ0) is 11.8.